The van der Waals surface area contributed by atoms with Crippen molar-refractivity contribution in [3.63, 3.8) is 0 Å². The molecule has 0 spiro atoms. The molecule has 194 valence electrons. The molecule has 1 saturated heterocycles. The Labute approximate surface area is 221 Å². The van der Waals surface area contributed by atoms with Crippen molar-refractivity contribution in [1.82, 2.24) is 24.8 Å². The Bertz CT molecular complexity index is 1280. The molecule has 3 aromatic rings. The van der Waals surface area contributed by atoms with Gasteiger partial charge in [-0.2, -0.15) is 0 Å². The van der Waals surface area contributed by atoms with Crippen LogP contribution in [-0.4, -0.2) is 58.3 Å². The van der Waals surface area contributed by atoms with Gasteiger partial charge in [0.25, 0.3) is 5.56 Å². The van der Waals surface area contributed by atoms with E-state index in [4.69, 9.17) is 9.47 Å². The van der Waals surface area contributed by atoms with Crippen molar-refractivity contribution in [3.8, 4) is 11.5 Å². The highest BCUT2D eigenvalue weighted by molar-refractivity contribution is 5.85. The fourth-order valence-electron chi connectivity index (χ4n) is 5.43. The largest absolute Gasteiger partial charge is 0.486 e. The van der Waals surface area contributed by atoms with Gasteiger partial charge in [0.2, 0.25) is 0 Å². The number of aromatic nitrogens is 3. The molecule has 0 amide bonds. The van der Waals surface area contributed by atoms with Crippen LogP contribution in [0.4, 0.5) is 4.39 Å². The van der Waals surface area contributed by atoms with E-state index >= 15 is 0 Å². The first-order valence-corrected chi connectivity index (χ1v) is 12.0. The van der Waals surface area contributed by atoms with E-state index in [2.05, 4.69) is 20.2 Å². The lowest BCUT2D eigenvalue weighted by molar-refractivity contribution is 0.166. The molecule has 1 N–H and O–H groups in total. The van der Waals surface area contributed by atoms with Crippen LogP contribution in [0, 0.1) is 5.82 Å². The van der Waals surface area contributed by atoms with E-state index in [1.165, 1.54) is 6.20 Å². The predicted molar refractivity (Wildman–Crippen MR) is 139 cm³/mol. The zero-order valence-corrected chi connectivity index (χ0v) is 21.5. The summed E-state index contributed by atoms with van der Waals surface area (Å²) >= 11 is 0. The van der Waals surface area contributed by atoms with E-state index < -0.39 is 0 Å². The summed E-state index contributed by atoms with van der Waals surface area (Å²) in [6.07, 6.45) is 6.47. The van der Waals surface area contributed by atoms with Crippen molar-refractivity contribution < 1.29 is 13.9 Å². The molecular formula is C25H30Cl2FN5O3. The van der Waals surface area contributed by atoms with Crippen LogP contribution >= 0.6 is 24.8 Å². The van der Waals surface area contributed by atoms with Crippen LogP contribution < -0.4 is 20.3 Å². The Kier molecular flexibility index (Phi) is 8.34. The van der Waals surface area contributed by atoms with Crippen LogP contribution in [0.1, 0.15) is 36.6 Å². The number of likely N-dealkylation sites (tertiary alicyclic amines) is 1. The molecule has 3 aliphatic heterocycles. The second-order valence-electron chi connectivity index (χ2n) is 9.33. The molecule has 0 saturated carbocycles. The van der Waals surface area contributed by atoms with Gasteiger partial charge in [-0.15, -0.1) is 24.8 Å². The van der Waals surface area contributed by atoms with Crippen LogP contribution in [0.15, 0.2) is 35.4 Å². The smallest absolute Gasteiger partial charge is 0.251 e. The number of pyridine rings is 3. The first-order valence-electron chi connectivity index (χ1n) is 12.0. The number of halogens is 3. The number of hydrogen-bond acceptors (Lipinski definition) is 7. The van der Waals surface area contributed by atoms with Gasteiger partial charge in [0.15, 0.2) is 11.5 Å². The van der Waals surface area contributed by atoms with Gasteiger partial charge in [-0.1, -0.05) is 0 Å². The number of hydrogen-bond donors (Lipinski definition) is 1. The zero-order valence-electron chi connectivity index (χ0n) is 19.8. The summed E-state index contributed by atoms with van der Waals surface area (Å²) < 4.78 is 27.3. The summed E-state index contributed by atoms with van der Waals surface area (Å²) in [4.78, 5) is 23.8. The van der Waals surface area contributed by atoms with Gasteiger partial charge in [0.1, 0.15) is 19.0 Å². The van der Waals surface area contributed by atoms with Gasteiger partial charge < -0.3 is 24.3 Å². The average Bonchev–Trinajstić information content (AvgIpc) is 2.87. The van der Waals surface area contributed by atoms with Crippen molar-refractivity contribution in [2.24, 2.45) is 0 Å². The highest BCUT2D eigenvalue weighted by Gasteiger charge is 2.28. The van der Waals surface area contributed by atoms with Crippen molar-refractivity contribution in [1.29, 1.82) is 0 Å². The minimum atomic E-state index is -0.315. The summed E-state index contributed by atoms with van der Waals surface area (Å²) in [6, 6.07) is 5.67. The van der Waals surface area contributed by atoms with E-state index in [-0.39, 0.29) is 42.2 Å². The molecular weight excluding hydrogens is 508 g/mol. The summed E-state index contributed by atoms with van der Waals surface area (Å²) in [5.74, 6) is 1.16. The minimum absolute atomic E-state index is 0. The van der Waals surface area contributed by atoms with Gasteiger partial charge in [0, 0.05) is 36.8 Å². The van der Waals surface area contributed by atoms with E-state index in [0.29, 0.717) is 54.6 Å². The molecule has 0 bridgehead atoms. The lowest BCUT2D eigenvalue weighted by atomic mass is 9.96. The van der Waals surface area contributed by atoms with E-state index in [0.717, 1.165) is 50.3 Å². The van der Waals surface area contributed by atoms with E-state index in [1.54, 1.807) is 22.9 Å². The number of fused-ring (bicyclic) bond motifs is 1. The Balaban J connectivity index is 0.00000152. The molecule has 3 aromatic heterocycles. The molecule has 0 aliphatic carbocycles. The highest BCUT2D eigenvalue weighted by atomic mass is 35.5. The maximum atomic E-state index is 14.4. The monoisotopic (exact) mass is 537 g/mol. The number of aryl methyl sites for hydroxylation is 1. The van der Waals surface area contributed by atoms with Gasteiger partial charge in [-0.3, -0.25) is 14.8 Å². The van der Waals surface area contributed by atoms with Gasteiger partial charge in [0.05, 0.1) is 35.2 Å². The second-order valence-corrected chi connectivity index (χ2v) is 9.33. The Morgan fingerprint density at radius 1 is 1.03 bits per heavy atom. The quantitative estimate of drug-likeness (QED) is 0.534. The number of rotatable bonds is 5. The highest BCUT2D eigenvalue weighted by Crippen LogP contribution is 2.31. The third-order valence-corrected chi connectivity index (χ3v) is 7.20. The summed E-state index contributed by atoms with van der Waals surface area (Å²) in [5.41, 5.74) is 2.85. The minimum Gasteiger partial charge on any atom is -0.486 e. The number of ether oxygens (including phenoxy) is 2. The molecule has 36 heavy (non-hydrogen) atoms. The van der Waals surface area contributed by atoms with E-state index in [1.807, 2.05) is 6.07 Å². The van der Waals surface area contributed by atoms with E-state index in [9.17, 15) is 9.18 Å². The molecule has 11 heteroatoms. The van der Waals surface area contributed by atoms with Gasteiger partial charge in [-0.05, 0) is 44.8 Å². The lowest BCUT2D eigenvalue weighted by Crippen LogP contribution is -2.45. The Hall–Kier alpha value is -2.46. The molecule has 1 unspecified atom stereocenters. The molecule has 0 aromatic carbocycles. The maximum Gasteiger partial charge on any atom is 0.251 e. The fourth-order valence-corrected chi connectivity index (χ4v) is 5.43. The average molecular weight is 538 g/mol. The van der Waals surface area contributed by atoms with Crippen LogP contribution in [-0.2, 0) is 13.0 Å². The molecule has 6 rings (SSSR count). The SMILES string of the molecule is Cl.Cl.O=c1ccc2ncc(F)c3c2n1C(CN1CCC(NCc2cc4c(cn2)OCCO4)CC1)CC3. The summed E-state index contributed by atoms with van der Waals surface area (Å²) in [5, 5.41) is 3.62. The number of piperidine rings is 1. The van der Waals surface area contributed by atoms with Crippen LogP contribution in [0.2, 0.25) is 0 Å². The molecule has 6 heterocycles. The zero-order chi connectivity index (χ0) is 23.1. The van der Waals surface area contributed by atoms with Crippen LogP contribution in [0.3, 0.4) is 0 Å². The predicted octanol–water partition coefficient (Wildman–Crippen LogP) is 3.29. The number of nitrogens with one attached hydrogen (secondary N) is 1. The third-order valence-electron chi connectivity index (χ3n) is 7.20. The second kappa shape index (κ2) is 11.3. The normalized spacial score (nSPS) is 19.4. The Morgan fingerprint density at radius 2 is 1.81 bits per heavy atom. The standard InChI is InChI=1S/C25H28FN5O3.2ClH/c26-20-13-29-21-3-4-24(32)31-18(1-2-19(20)25(21)31)15-30-7-5-16(6-8-30)27-12-17-11-22-23(14-28-17)34-10-9-33-22;;/h3-4,11,13-14,16,18,27H,1-2,5-10,12,15H2;2*1H. The lowest BCUT2D eigenvalue weighted by Gasteiger charge is -2.36. The molecule has 3 aliphatic rings. The first-order chi connectivity index (χ1) is 16.7. The third kappa shape index (κ3) is 5.16. The topological polar surface area (TPSA) is 81.5 Å². The van der Waals surface area contributed by atoms with Crippen molar-refractivity contribution in [2.45, 2.75) is 44.3 Å². The van der Waals surface area contributed by atoms with Gasteiger partial charge in [-0.25, -0.2) is 4.39 Å². The summed E-state index contributed by atoms with van der Waals surface area (Å²) in [7, 11) is 0. The fraction of sp³-hybridized carbons (Fsp3) is 0.480. The maximum absolute atomic E-state index is 14.4. The van der Waals surface area contributed by atoms with Crippen LogP contribution in [0.5, 0.6) is 11.5 Å². The summed E-state index contributed by atoms with van der Waals surface area (Å²) in [6.45, 7) is 4.54. The van der Waals surface area contributed by atoms with Crippen molar-refractivity contribution in [3.05, 3.63) is 58.0 Å². The molecule has 1 fully saturated rings. The molecule has 0 radical (unpaired) electrons. The van der Waals surface area contributed by atoms with Crippen molar-refractivity contribution >= 4 is 35.8 Å². The first kappa shape index (κ1) is 26.6. The van der Waals surface area contributed by atoms with Crippen LogP contribution in [0.25, 0.3) is 11.0 Å². The van der Waals surface area contributed by atoms with Crippen molar-refractivity contribution in [2.75, 3.05) is 32.8 Å². The van der Waals surface area contributed by atoms with Gasteiger partial charge >= 0.3 is 0 Å². The number of nitrogens with zero attached hydrogens (tertiary/aromatic N) is 4. The molecule has 1 atom stereocenters. The Morgan fingerprint density at radius 3 is 2.61 bits per heavy atom. The molecule has 8 nitrogen and oxygen atoms in total.